The Morgan fingerprint density at radius 1 is 1.27 bits per heavy atom. The fraction of sp³-hybridized carbons (Fsp3) is 0.200. The van der Waals surface area contributed by atoms with Gasteiger partial charge < -0.3 is 16.2 Å². The Labute approximate surface area is 126 Å². The molecule has 7 heteroatoms. The molecule has 1 heterocycles. The van der Waals surface area contributed by atoms with E-state index in [1.54, 1.807) is 6.92 Å². The predicted molar refractivity (Wildman–Crippen MR) is 79.0 cm³/mol. The minimum absolute atomic E-state index is 0.0566. The van der Waals surface area contributed by atoms with E-state index in [0.717, 1.165) is 12.1 Å². The summed E-state index contributed by atoms with van der Waals surface area (Å²) < 4.78 is 27.2. The first kappa shape index (κ1) is 15.7. The highest BCUT2D eigenvalue weighted by Crippen LogP contribution is 2.17. The SMILES string of the molecule is CC(CO)Nc1ncc(C#Cc2c(F)ccc(N)c2F)cn1. The number of aliphatic hydroxyl groups excluding tert-OH is 1. The molecule has 2 rings (SSSR count). The van der Waals surface area contributed by atoms with Crippen LogP contribution in [0.3, 0.4) is 0 Å². The van der Waals surface area contributed by atoms with Crippen molar-refractivity contribution >= 4 is 11.6 Å². The molecule has 0 fully saturated rings. The molecule has 0 saturated carbocycles. The van der Waals surface area contributed by atoms with Crippen LogP contribution in [-0.4, -0.2) is 27.7 Å². The number of rotatable bonds is 3. The molecular weight excluding hydrogens is 290 g/mol. The lowest BCUT2D eigenvalue weighted by atomic mass is 10.1. The van der Waals surface area contributed by atoms with Gasteiger partial charge in [0.05, 0.1) is 23.4 Å². The van der Waals surface area contributed by atoms with Gasteiger partial charge in [-0.15, -0.1) is 0 Å². The zero-order valence-electron chi connectivity index (χ0n) is 11.8. The molecule has 0 aliphatic carbocycles. The van der Waals surface area contributed by atoms with E-state index in [1.165, 1.54) is 12.4 Å². The summed E-state index contributed by atoms with van der Waals surface area (Å²) >= 11 is 0. The number of nitrogens with one attached hydrogen (secondary N) is 1. The molecule has 0 radical (unpaired) electrons. The summed E-state index contributed by atoms with van der Waals surface area (Å²) in [7, 11) is 0. The van der Waals surface area contributed by atoms with Gasteiger partial charge in [-0.1, -0.05) is 11.8 Å². The Morgan fingerprint density at radius 2 is 1.95 bits per heavy atom. The van der Waals surface area contributed by atoms with E-state index in [0.29, 0.717) is 11.5 Å². The molecule has 0 saturated heterocycles. The third-order valence-corrected chi connectivity index (χ3v) is 2.75. The third kappa shape index (κ3) is 3.68. The van der Waals surface area contributed by atoms with Crippen LogP contribution in [0.1, 0.15) is 18.1 Å². The first-order valence-electron chi connectivity index (χ1n) is 6.46. The highest BCUT2D eigenvalue weighted by atomic mass is 19.1. The molecule has 1 aromatic carbocycles. The Kier molecular flexibility index (Phi) is 4.86. The average molecular weight is 304 g/mol. The minimum atomic E-state index is -0.886. The molecule has 1 atom stereocenters. The second-order valence-electron chi connectivity index (χ2n) is 4.60. The molecule has 0 aliphatic rings. The number of halogens is 2. The van der Waals surface area contributed by atoms with Gasteiger partial charge in [-0.3, -0.25) is 0 Å². The van der Waals surface area contributed by atoms with Crippen LogP contribution in [0, 0.1) is 23.5 Å². The number of anilines is 2. The van der Waals surface area contributed by atoms with Crippen LogP contribution in [0.5, 0.6) is 0 Å². The van der Waals surface area contributed by atoms with Gasteiger partial charge in [0, 0.05) is 18.4 Å². The zero-order chi connectivity index (χ0) is 16.1. The zero-order valence-corrected chi connectivity index (χ0v) is 11.8. The number of nitrogens with zero attached hydrogens (tertiary/aromatic N) is 2. The van der Waals surface area contributed by atoms with Gasteiger partial charge in [0.2, 0.25) is 5.95 Å². The van der Waals surface area contributed by atoms with Gasteiger partial charge in [0.25, 0.3) is 0 Å². The van der Waals surface area contributed by atoms with E-state index in [2.05, 4.69) is 27.1 Å². The van der Waals surface area contributed by atoms with Crippen LogP contribution in [-0.2, 0) is 0 Å². The van der Waals surface area contributed by atoms with Crippen molar-refractivity contribution in [2.75, 3.05) is 17.7 Å². The number of nitrogen functional groups attached to an aromatic ring is 1. The van der Waals surface area contributed by atoms with Crippen LogP contribution >= 0.6 is 0 Å². The number of aliphatic hydroxyl groups is 1. The summed E-state index contributed by atoms with van der Waals surface area (Å²) in [6.45, 7) is 1.71. The molecule has 5 nitrogen and oxygen atoms in total. The highest BCUT2D eigenvalue weighted by Gasteiger charge is 2.09. The topological polar surface area (TPSA) is 84.1 Å². The lowest BCUT2D eigenvalue weighted by molar-refractivity contribution is 0.281. The fourth-order valence-electron chi connectivity index (χ4n) is 1.55. The largest absolute Gasteiger partial charge is 0.396 e. The van der Waals surface area contributed by atoms with E-state index < -0.39 is 17.2 Å². The summed E-state index contributed by atoms with van der Waals surface area (Å²) in [5, 5.41) is 11.8. The highest BCUT2D eigenvalue weighted by molar-refractivity contribution is 5.51. The number of hydrogen-bond acceptors (Lipinski definition) is 5. The van der Waals surface area contributed by atoms with Crippen LogP contribution < -0.4 is 11.1 Å². The van der Waals surface area contributed by atoms with Crippen molar-refractivity contribution in [2.24, 2.45) is 0 Å². The van der Waals surface area contributed by atoms with Crippen molar-refractivity contribution in [2.45, 2.75) is 13.0 Å². The van der Waals surface area contributed by atoms with Crippen molar-refractivity contribution in [1.82, 2.24) is 9.97 Å². The molecule has 4 N–H and O–H groups in total. The van der Waals surface area contributed by atoms with Crippen LogP contribution in [0.25, 0.3) is 0 Å². The molecule has 1 unspecified atom stereocenters. The molecule has 22 heavy (non-hydrogen) atoms. The van der Waals surface area contributed by atoms with E-state index in [9.17, 15) is 8.78 Å². The van der Waals surface area contributed by atoms with E-state index in [-0.39, 0.29) is 18.3 Å². The minimum Gasteiger partial charge on any atom is -0.396 e. The van der Waals surface area contributed by atoms with Gasteiger partial charge in [0.15, 0.2) is 5.82 Å². The molecule has 0 bridgehead atoms. The molecule has 0 spiro atoms. The van der Waals surface area contributed by atoms with Gasteiger partial charge in [0.1, 0.15) is 5.82 Å². The van der Waals surface area contributed by atoms with Crippen molar-refractivity contribution in [1.29, 1.82) is 0 Å². The Balaban J connectivity index is 2.21. The number of aromatic nitrogens is 2. The summed E-state index contributed by atoms with van der Waals surface area (Å²) in [4.78, 5) is 7.99. The lowest BCUT2D eigenvalue weighted by Gasteiger charge is -2.09. The quantitative estimate of drug-likeness (QED) is 0.591. The summed E-state index contributed by atoms with van der Waals surface area (Å²) in [6, 6.07) is 2.01. The van der Waals surface area contributed by atoms with E-state index in [4.69, 9.17) is 10.8 Å². The summed E-state index contributed by atoms with van der Waals surface area (Å²) in [6.07, 6.45) is 2.82. The molecule has 0 aliphatic heterocycles. The monoisotopic (exact) mass is 304 g/mol. The van der Waals surface area contributed by atoms with E-state index in [1.807, 2.05) is 0 Å². The standard InChI is InChI=1S/C15H14F2N4O/c1-9(8-22)21-15-19-6-10(7-20-15)2-3-11-12(16)4-5-13(18)14(11)17/h4-7,9,22H,8,18H2,1H3,(H,19,20,21). The summed E-state index contributed by atoms with van der Waals surface area (Å²) in [5.74, 6) is 3.63. The third-order valence-electron chi connectivity index (χ3n) is 2.75. The number of nitrogens with two attached hydrogens (primary N) is 1. The molecule has 2 aromatic rings. The second-order valence-corrected chi connectivity index (χ2v) is 4.60. The fourth-order valence-corrected chi connectivity index (χ4v) is 1.55. The van der Waals surface area contributed by atoms with E-state index >= 15 is 0 Å². The van der Waals surface area contributed by atoms with Crippen LogP contribution in [0.2, 0.25) is 0 Å². The van der Waals surface area contributed by atoms with Crippen LogP contribution in [0.15, 0.2) is 24.5 Å². The maximum Gasteiger partial charge on any atom is 0.222 e. The molecular formula is C15H14F2N4O. The van der Waals surface area contributed by atoms with Gasteiger partial charge in [-0.05, 0) is 19.1 Å². The smallest absolute Gasteiger partial charge is 0.222 e. The first-order chi connectivity index (χ1) is 10.5. The molecule has 0 amide bonds. The van der Waals surface area contributed by atoms with Gasteiger partial charge >= 0.3 is 0 Å². The Bertz CT molecular complexity index is 723. The molecule has 1 aromatic heterocycles. The summed E-state index contributed by atoms with van der Waals surface area (Å²) in [5.41, 5.74) is 5.21. The lowest BCUT2D eigenvalue weighted by Crippen LogP contribution is -2.20. The van der Waals surface area contributed by atoms with Crippen molar-refractivity contribution < 1.29 is 13.9 Å². The Hall–Kier alpha value is -2.72. The molecule has 114 valence electrons. The Morgan fingerprint density at radius 3 is 2.59 bits per heavy atom. The number of hydrogen-bond donors (Lipinski definition) is 3. The predicted octanol–water partition coefficient (Wildman–Crippen LogP) is 1.53. The van der Waals surface area contributed by atoms with Crippen LogP contribution in [0.4, 0.5) is 20.4 Å². The van der Waals surface area contributed by atoms with Gasteiger partial charge in [-0.2, -0.15) is 0 Å². The van der Waals surface area contributed by atoms with Crippen molar-refractivity contribution in [3.05, 3.63) is 47.3 Å². The number of benzene rings is 1. The average Bonchev–Trinajstić information content (AvgIpc) is 2.52. The van der Waals surface area contributed by atoms with Gasteiger partial charge in [-0.25, -0.2) is 18.7 Å². The van der Waals surface area contributed by atoms with Crippen molar-refractivity contribution in [3.8, 4) is 11.8 Å². The first-order valence-corrected chi connectivity index (χ1v) is 6.46. The maximum absolute atomic E-state index is 13.7. The normalized spacial score (nSPS) is 11.5. The van der Waals surface area contributed by atoms with Crippen molar-refractivity contribution in [3.63, 3.8) is 0 Å². The maximum atomic E-state index is 13.7. The second kappa shape index (κ2) is 6.83.